The van der Waals surface area contributed by atoms with E-state index in [4.69, 9.17) is 0 Å². The number of benzene rings is 1. The molecule has 1 rings (SSSR count). The van der Waals surface area contributed by atoms with Gasteiger partial charge in [-0.25, -0.2) is 0 Å². The molecule has 4 heteroatoms. The molecular weight excluding hydrogens is 240 g/mol. The van der Waals surface area contributed by atoms with Crippen molar-refractivity contribution in [2.75, 3.05) is 24.5 Å². The molecule has 1 aromatic rings. The average molecular weight is 264 g/mol. The summed E-state index contributed by atoms with van der Waals surface area (Å²) < 4.78 is 0. The lowest BCUT2D eigenvalue weighted by Gasteiger charge is -2.21. The van der Waals surface area contributed by atoms with E-state index in [1.54, 1.807) is 13.8 Å². The van der Waals surface area contributed by atoms with Gasteiger partial charge in [-0.05, 0) is 52.0 Å². The number of aliphatic hydroxyl groups is 1. The van der Waals surface area contributed by atoms with Crippen LogP contribution in [0, 0.1) is 0 Å². The molecule has 0 aliphatic heterocycles. The van der Waals surface area contributed by atoms with Crippen molar-refractivity contribution < 1.29 is 9.90 Å². The second-order valence-electron chi connectivity index (χ2n) is 5.21. The third-order valence-corrected chi connectivity index (χ3v) is 2.94. The van der Waals surface area contributed by atoms with E-state index < -0.39 is 5.60 Å². The van der Waals surface area contributed by atoms with E-state index in [1.807, 2.05) is 24.3 Å². The highest BCUT2D eigenvalue weighted by Gasteiger charge is 2.14. The standard InChI is InChI=1S/C15H24N2O2/c1-5-17(6-2)13-9-7-12(8-10-13)14(18)16-11-15(3,4)19/h7-10,19H,5-6,11H2,1-4H3,(H,16,18). The summed E-state index contributed by atoms with van der Waals surface area (Å²) in [5, 5.41) is 12.3. The average Bonchev–Trinajstić information content (AvgIpc) is 2.37. The fourth-order valence-corrected chi connectivity index (χ4v) is 1.81. The lowest BCUT2D eigenvalue weighted by Crippen LogP contribution is -2.38. The van der Waals surface area contributed by atoms with Gasteiger partial charge in [0, 0.05) is 30.9 Å². The maximum Gasteiger partial charge on any atom is 0.251 e. The first kappa shape index (κ1) is 15.5. The Bertz CT molecular complexity index is 403. The number of nitrogens with zero attached hydrogens (tertiary/aromatic N) is 1. The van der Waals surface area contributed by atoms with Crippen LogP contribution < -0.4 is 10.2 Å². The highest BCUT2D eigenvalue weighted by molar-refractivity contribution is 5.94. The van der Waals surface area contributed by atoms with Gasteiger partial charge in [0.05, 0.1) is 5.60 Å². The van der Waals surface area contributed by atoms with Crippen molar-refractivity contribution in [3.8, 4) is 0 Å². The molecule has 0 spiro atoms. The van der Waals surface area contributed by atoms with Crippen LogP contribution in [0.4, 0.5) is 5.69 Å². The third-order valence-electron chi connectivity index (χ3n) is 2.94. The molecule has 0 atom stereocenters. The van der Waals surface area contributed by atoms with Gasteiger partial charge in [0.15, 0.2) is 0 Å². The third kappa shape index (κ3) is 4.91. The largest absolute Gasteiger partial charge is 0.389 e. The first-order chi connectivity index (χ1) is 8.87. The lowest BCUT2D eigenvalue weighted by molar-refractivity contribution is 0.0694. The van der Waals surface area contributed by atoms with Gasteiger partial charge in [0.2, 0.25) is 0 Å². The number of carbonyl (C=O) groups excluding carboxylic acids is 1. The summed E-state index contributed by atoms with van der Waals surface area (Å²) >= 11 is 0. The maximum atomic E-state index is 11.9. The first-order valence-corrected chi connectivity index (χ1v) is 6.73. The van der Waals surface area contributed by atoms with Gasteiger partial charge in [0.25, 0.3) is 5.91 Å². The van der Waals surface area contributed by atoms with Crippen molar-refractivity contribution >= 4 is 11.6 Å². The van der Waals surface area contributed by atoms with E-state index in [-0.39, 0.29) is 12.5 Å². The molecule has 0 bridgehead atoms. The van der Waals surface area contributed by atoms with E-state index in [0.717, 1.165) is 18.8 Å². The zero-order chi connectivity index (χ0) is 14.5. The number of amides is 1. The molecule has 1 amide bonds. The molecule has 0 saturated carbocycles. The molecule has 1 aromatic carbocycles. The Morgan fingerprint density at radius 2 is 1.74 bits per heavy atom. The summed E-state index contributed by atoms with van der Waals surface area (Å²) in [6, 6.07) is 7.53. The van der Waals surface area contributed by atoms with Crippen molar-refractivity contribution in [2.45, 2.75) is 33.3 Å². The first-order valence-electron chi connectivity index (χ1n) is 6.73. The van der Waals surface area contributed by atoms with Crippen LogP contribution in [0.3, 0.4) is 0 Å². The summed E-state index contributed by atoms with van der Waals surface area (Å²) in [5.41, 5.74) is 0.834. The Morgan fingerprint density at radius 3 is 2.16 bits per heavy atom. The summed E-state index contributed by atoms with van der Waals surface area (Å²) in [6.07, 6.45) is 0. The molecule has 0 aromatic heterocycles. The van der Waals surface area contributed by atoms with E-state index >= 15 is 0 Å². The molecular formula is C15H24N2O2. The molecule has 0 radical (unpaired) electrons. The molecule has 0 saturated heterocycles. The SMILES string of the molecule is CCN(CC)c1ccc(C(=O)NCC(C)(C)O)cc1. The zero-order valence-electron chi connectivity index (χ0n) is 12.2. The van der Waals surface area contributed by atoms with Crippen LogP contribution in [-0.4, -0.2) is 36.2 Å². The van der Waals surface area contributed by atoms with Crippen LogP contribution in [0.1, 0.15) is 38.1 Å². The van der Waals surface area contributed by atoms with Crippen LogP contribution in [0.25, 0.3) is 0 Å². The summed E-state index contributed by atoms with van der Waals surface area (Å²) in [5.74, 6) is -0.159. The summed E-state index contributed by atoms with van der Waals surface area (Å²) in [6.45, 7) is 9.67. The number of carbonyl (C=O) groups is 1. The fraction of sp³-hybridized carbons (Fsp3) is 0.533. The Labute approximate surface area is 115 Å². The predicted molar refractivity (Wildman–Crippen MR) is 78.6 cm³/mol. The quantitative estimate of drug-likeness (QED) is 0.826. The van der Waals surface area contributed by atoms with Crippen molar-refractivity contribution in [1.82, 2.24) is 5.32 Å². The molecule has 4 nitrogen and oxygen atoms in total. The number of nitrogens with one attached hydrogen (secondary N) is 1. The van der Waals surface area contributed by atoms with E-state index in [0.29, 0.717) is 5.56 Å². The van der Waals surface area contributed by atoms with Crippen LogP contribution in [0.5, 0.6) is 0 Å². The van der Waals surface area contributed by atoms with Gasteiger partial charge in [0.1, 0.15) is 0 Å². The topological polar surface area (TPSA) is 52.6 Å². The van der Waals surface area contributed by atoms with Gasteiger partial charge < -0.3 is 15.3 Å². The second kappa shape index (κ2) is 6.57. The van der Waals surface area contributed by atoms with Gasteiger partial charge in [-0.1, -0.05) is 0 Å². The summed E-state index contributed by atoms with van der Waals surface area (Å²) in [4.78, 5) is 14.1. The zero-order valence-corrected chi connectivity index (χ0v) is 12.2. The monoisotopic (exact) mass is 264 g/mol. The molecule has 106 valence electrons. The predicted octanol–water partition coefficient (Wildman–Crippen LogP) is 2.03. The highest BCUT2D eigenvalue weighted by Crippen LogP contribution is 2.14. The van der Waals surface area contributed by atoms with E-state index in [9.17, 15) is 9.90 Å². The molecule has 0 heterocycles. The maximum absolute atomic E-state index is 11.9. The molecule has 0 aliphatic rings. The van der Waals surface area contributed by atoms with Gasteiger partial charge in [-0.3, -0.25) is 4.79 Å². The number of hydrogen-bond donors (Lipinski definition) is 2. The fourth-order valence-electron chi connectivity index (χ4n) is 1.81. The number of anilines is 1. The molecule has 0 aliphatic carbocycles. The Morgan fingerprint density at radius 1 is 1.21 bits per heavy atom. The van der Waals surface area contributed by atoms with Gasteiger partial charge in [-0.2, -0.15) is 0 Å². The highest BCUT2D eigenvalue weighted by atomic mass is 16.3. The van der Waals surface area contributed by atoms with E-state index in [1.165, 1.54) is 0 Å². The molecule has 0 unspecified atom stereocenters. The van der Waals surface area contributed by atoms with Crippen LogP contribution in [-0.2, 0) is 0 Å². The minimum Gasteiger partial charge on any atom is -0.389 e. The van der Waals surface area contributed by atoms with Crippen LogP contribution in [0.2, 0.25) is 0 Å². The minimum atomic E-state index is -0.892. The van der Waals surface area contributed by atoms with Crippen molar-refractivity contribution in [3.05, 3.63) is 29.8 Å². The Kier molecular flexibility index (Phi) is 5.36. The van der Waals surface area contributed by atoms with Gasteiger partial charge in [-0.15, -0.1) is 0 Å². The van der Waals surface area contributed by atoms with Crippen molar-refractivity contribution in [1.29, 1.82) is 0 Å². The summed E-state index contributed by atoms with van der Waals surface area (Å²) in [7, 11) is 0. The molecule has 2 N–H and O–H groups in total. The van der Waals surface area contributed by atoms with Crippen LogP contribution in [0.15, 0.2) is 24.3 Å². The van der Waals surface area contributed by atoms with E-state index in [2.05, 4.69) is 24.1 Å². The Balaban J connectivity index is 2.68. The van der Waals surface area contributed by atoms with Crippen molar-refractivity contribution in [3.63, 3.8) is 0 Å². The smallest absolute Gasteiger partial charge is 0.251 e. The number of hydrogen-bond acceptors (Lipinski definition) is 3. The lowest BCUT2D eigenvalue weighted by atomic mass is 10.1. The normalized spacial score (nSPS) is 11.2. The second-order valence-corrected chi connectivity index (χ2v) is 5.21. The minimum absolute atomic E-state index is 0.159. The Hall–Kier alpha value is -1.55. The van der Waals surface area contributed by atoms with Crippen LogP contribution >= 0.6 is 0 Å². The van der Waals surface area contributed by atoms with Crippen molar-refractivity contribution in [2.24, 2.45) is 0 Å². The number of rotatable bonds is 6. The van der Waals surface area contributed by atoms with Gasteiger partial charge >= 0.3 is 0 Å². The molecule has 0 fully saturated rings. The molecule has 19 heavy (non-hydrogen) atoms.